The maximum absolute atomic E-state index is 13.4. The van der Waals surface area contributed by atoms with Crippen LogP contribution >= 0.6 is 11.6 Å². The van der Waals surface area contributed by atoms with Gasteiger partial charge in [0.25, 0.3) is 0 Å². The van der Waals surface area contributed by atoms with Crippen LogP contribution in [0.2, 0.25) is 5.15 Å². The van der Waals surface area contributed by atoms with Crippen LogP contribution < -0.4 is 0 Å². The quantitative estimate of drug-likeness (QED) is 0.610. The van der Waals surface area contributed by atoms with Crippen molar-refractivity contribution in [3.63, 3.8) is 0 Å². The zero-order chi connectivity index (χ0) is 12.4. The van der Waals surface area contributed by atoms with Gasteiger partial charge in [-0.05, 0) is 12.1 Å². The first-order valence-electron chi connectivity index (χ1n) is 4.95. The standard InChI is InChI=1S/C11H10ClFN2O2/c1-15(7-4-11(16)17-6-7)5-9-8(13)2-3-10(12)14-9/h2-4H,5-6H2,1H3. The molecule has 0 radical (unpaired) electrons. The van der Waals surface area contributed by atoms with Gasteiger partial charge in [0.2, 0.25) is 0 Å². The van der Waals surface area contributed by atoms with E-state index in [0.29, 0.717) is 5.70 Å². The summed E-state index contributed by atoms with van der Waals surface area (Å²) >= 11 is 5.69. The molecule has 1 aliphatic heterocycles. The number of halogens is 2. The zero-order valence-electron chi connectivity index (χ0n) is 9.11. The van der Waals surface area contributed by atoms with Crippen LogP contribution in [0.4, 0.5) is 4.39 Å². The Morgan fingerprint density at radius 3 is 3.00 bits per heavy atom. The Labute approximate surface area is 103 Å². The Hall–Kier alpha value is -1.62. The highest BCUT2D eigenvalue weighted by Crippen LogP contribution is 2.16. The van der Waals surface area contributed by atoms with Crippen LogP contribution in [0.3, 0.4) is 0 Å². The van der Waals surface area contributed by atoms with Gasteiger partial charge in [0, 0.05) is 13.1 Å². The molecule has 1 aromatic heterocycles. The van der Waals surface area contributed by atoms with Crippen LogP contribution in [0.1, 0.15) is 5.69 Å². The number of aromatic nitrogens is 1. The molecule has 0 aliphatic carbocycles. The van der Waals surface area contributed by atoms with Gasteiger partial charge in [-0.15, -0.1) is 0 Å². The Bertz CT molecular complexity index is 490. The first kappa shape index (κ1) is 11.9. The van der Waals surface area contributed by atoms with Crippen molar-refractivity contribution in [1.29, 1.82) is 0 Å². The maximum atomic E-state index is 13.4. The van der Waals surface area contributed by atoms with E-state index in [2.05, 4.69) is 4.98 Å². The van der Waals surface area contributed by atoms with Crippen molar-refractivity contribution in [3.05, 3.63) is 40.6 Å². The van der Waals surface area contributed by atoms with Gasteiger partial charge in [-0.2, -0.15) is 0 Å². The lowest BCUT2D eigenvalue weighted by atomic mass is 10.3. The minimum atomic E-state index is -0.424. The van der Waals surface area contributed by atoms with E-state index in [1.54, 1.807) is 11.9 Å². The van der Waals surface area contributed by atoms with Crippen molar-refractivity contribution in [3.8, 4) is 0 Å². The fourth-order valence-electron chi connectivity index (χ4n) is 1.48. The Kier molecular flexibility index (Phi) is 3.28. The summed E-state index contributed by atoms with van der Waals surface area (Å²) in [6.07, 6.45) is 1.38. The summed E-state index contributed by atoms with van der Waals surface area (Å²) in [5.74, 6) is -0.807. The molecule has 2 rings (SSSR count). The third-order valence-electron chi connectivity index (χ3n) is 2.41. The van der Waals surface area contributed by atoms with Gasteiger partial charge >= 0.3 is 5.97 Å². The van der Waals surface area contributed by atoms with Gasteiger partial charge in [-0.1, -0.05) is 11.6 Å². The topological polar surface area (TPSA) is 42.4 Å². The lowest BCUT2D eigenvalue weighted by Crippen LogP contribution is -2.19. The molecule has 0 unspecified atom stereocenters. The fourth-order valence-corrected chi connectivity index (χ4v) is 1.64. The molecule has 1 aromatic rings. The molecule has 0 fully saturated rings. The van der Waals surface area contributed by atoms with Gasteiger partial charge in [0.1, 0.15) is 17.6 Å². The predicted molar refractivity (Wildman–Crippen MR) is 59.7 cm³/mol. The SMILES string of the molecule is CN(Cc1nc(Cl)ccc1F)C1=CC(=O)OC1. The number of nitrogens with zero attached hydrogens (tertiary/aromatic N) is 2. The molecule has 0 saturated heterocycles. The molecule has 4 nitrogen and oxygen atoms in total. The van der Waals surface area contributed by atoms with Crippen molar-refractivity contribution in [2.75, 3.05) is 13.7 Å². The molecule has 0 saturated carbocycles. The van der Waals surface area contributed by atoms with Crippen LogP contribution in [0.15, 0.2) is 23.9 Å². The molecule has 0 bridgehead atoms. The molecular weight excluding hydrogens is 247 g/mol. The van der Waals surface area contributed by atoms with Gasteiger partial charge < -0.3 is 9.64 Å². The maximum Gasteiger partial charge on any atom is 0.333 e. The van der Waals surface area contributed by atoms with Crippen LogP contribution in [0, 0.1) is 5.82 Å². The van der Waals surface area contributed by atoms with Crippen LogP contribution in [0.25, 0.3) is 0 Å². The van der Waals surface area contributed by atoms with Crippen LogP contribution in [0.5, 0.6) is 0 Å². The minimum absolute atomic E-state index is 0.206. The summed E-state index contributed by atoms with van der Waals surface area (Å²) in [6, 6.07) is 2.66. The lowest BCUT2D eigenvalue weighted by Gasteiger charge is -2.18. The van der Waals surface area contributed by atoms with E-state index >= 15 is 0 Å². The average Bonchev–Trinajstić information content (AvgIpc) is 2.70. The van der Waals surface area contributed by atoms with Gasteiger partial charge in [0.05, 0.1) is 17.9 Å². The minimum Gasteiger partial charge on any atom is -0.456 e. The van der Waals surface area contributed by atoms with E-state index in [1.807, 2.05) is 0 Å². The van der Waals surface area contributed by atoms with Gasteiger partial charge in [-0.25, -0.2) is 14.2 Å². The highest BCUT2D eigenvalue weighted by Gasteiger charge is 2.18. The Morgan fingerprint density at radius 2 is 2.35 bits per heavy atom. The Balaban J connectivity index is 2.13. The lowest BCUT2D eigenvalue weighted by molar-refractivity contribution is -0.135. The number of carbonyl (C=O) groups is 1. The van der Waals surface area contributed by atoms with E-state index in [9.17, 15) is 9.18 Å². The summed E-state index contributed by atoms with van der Waals surface area (Å²) in [6.45, 7) is 0.437. The molecule has 6 heteroatoms. The molecule has 17 heavy (non-hydrogen) atoms. The van der Waals surface area contributed by atoms with Crippen molar-refractivity contribution < 1.29 is 13.9 Å². The second kappa shape index (κ2) is 4.71. The van der Waals surface area contributed by atoms with E-state index in [-0.39, 0.29) is 30.0 Å². The number of likely N-dealkylation sites (N-methyl/N-ethyl adjacent to an activating group) is 1. The predicted octanol–water partition coefficient (Wildman–Crippen LogP) is 1.75. The third kappa shape index (κ3) is 2.74. The largest absolute Gasteiger partial charge is 0.456 e. The average molecular weight is 257 g/mol. The molecular formula is C11H10ClFN2O2. The zero-order valence-corrected chi connectivity index (χ0v) is 9.87. The smallest absolute Gasteiger partial charge is 0.333 e. The highest BCUT2D eigenvalue weighted by molar-refractivity contribution is 6.29. The van der Waals surface area contributed by atoms with Gasteiger partial charge in [0.15, 0.2) is 0 Å². The van der Waals surface area contributed by atoms with E-state index in [4.69, 9.17) is 16.3 Å². The fraction of sp³-hybridized carbons (Fsp3) is 0.273. The molecule has 0 N–H and O–H groups in total. The number of hydrogen-bond acceptors (Lipinski definition) is 4. The van der Waals surface area contributed by atoms with E-state index < -0.39 is 5.82 Å². The first-order valence-corrected chi connectivity index (χ1v) is 5.33. The number of hydrogen-bond donors (Lipinski definition) is 0. The second-order valence-electron chi connectivity index (χ2n) is 3.66. The normalized spacial score (nSPS) is 14.5. The monoisotopic (exact) mass is 256 g/mol. The van der Waals surface area contributed by atoms with Crippen LogP contribution in [-0.2, 0) is 16.1 Å². The molecule has 90 valence electrons. The molecule has 1 aliphatic rings. The van der Waals surface area contributed by atoms with Crippen LogP contribution in [-0.4, -0.2) is 29.5 Å². The van der Waals surface area contributed by atoms with Crippen molar-refractivity contribution in [2.45, 2.75) is 6.54 Å². The number of rotatable bonds is 3. The number of esters is 1. The second-order valence-corrected chi connectivity index (χ2v) is 4.05. The third-order valence-corrected chi connectivity index (χ3v) is 2.62. The molecule has 0 atom stereocenters. The molecule has 0 spiro atoms. The Morgan fingerprint density at radius 1 is 1.59 bits per heavy atom. The van der Waals surface area contributed by atoms with Crippen molar-refractivity contribution in [1.82, 2.24) is 9.88 Å². The number of ether oxygens (including phenoxy) is 1. The number of pyridine rings is 1. The van der Waals surface area contributed by atoms with Crippen molar-refractivity contribution in [2.24, 2.45) is 0 Å². The molecule has 2 heterocycles. The summed E-state index contributed by atoms with van der Waals surface area (Å²) in [4.78, 5) is 16.5. The summed E-state index contributed by atoms with van der Waals surface area (Å²) in [7, 11) is 1.73. The van der Waals surface area contributed by atoms with Gasteiger partial charge in [-0.3, -0.25) is 0 Å². The summed E-state index contributed by atoms with van der Waals surface area (Å²) in [5.41, 5.74) is 0.927. The van der Waals surface area contributed by atoms with Crippen molar-refractivity contribution >= 4 is 17.6 Å². The molecule has 0 amide bonds. The first-order chi connectivity index (χ1) is 8.06. The summed E-state index contributed by atoms with van der Waals surface area (Å²) < 4.78 is 18.2. The van der Waals surface area contributed by atoms with E-state index in [0.717, 1.165) is 0 Å². The molecule has 0 aromatic carbocycles. The number of carbonyl (C=O) groups excluding carboxylic acids is 1. The highest BCUT2D eigenvalue weighted by atomic mass is 35.5. The number of cyclic esters (lactones) is 1. The van der Waals surface area contributed by atoms with E-state index in [1.165, 1.54) is 18.2 Å². The summed E-state index contributed by atoms with van der Waals surface area (Å²) in [5, 5.41) is 0.238.